The SMILES string of the molecule is COc1ccc(S[C@@]2(C)C(=O)N(C(=O)OC(C)(C)C)c3ccccc32)cc1. The summed E-state index contributed by atoms with van der Waals surface area (Å²) in [5, 5.41) is 0. The first-order valence-electron chi connectivity index (χ1n) is 8.66. The number of para-hydroxylation sites is 1. The summed E-state index contributed by atoms with van der Waals surface area (Å²) in [5.74, 6) is 0.441. The van der Waals surface area contributed by atoms with E-state index < -0.39 is 16.4 Å². The second-order valence-corrected chi connectivity index (χ2v) is 8.94. The van der Waals surface area contributed by atoms with Crippen LogP contribution in [0.4, 0.5) is 10.5 Å². The Kier molecular flexibility index (Phi) is 4.95. The summed E-state index contributed by atoms with van der Waals surface area (Å²) in [6, 6.07) is 14.8. The standard InChI is InChI=1S/C21H23NO4S/c1-20(2,3)26-19(24)22-17-9-7-6-8-16(17)21(4,18(22)23)27-15-12-10-14(25-5)11-13-15/h6-13H,1-5H3/t21-/m1/s1. The molecule has 0 spiro atoms. The second-order valence-electron chi connectivity index (χ2n) is 7.45. The molecule has 0 unspecified atom stereocenters. The quantitative estimate of drug-likeness (QED) is 0.745. The fourth-order valence-corrected chi connectivity index (χ4v) is 4.18. The molecular weight excluding hydrogens is 362 g/mol. The van der Waals surface area contributed by atoms with E-state index in [-0.39, 0.29) is 5.91 Å². The fourth-order valence-electron chi connectivity index (χ4n) is 2.98. The summed E-state index contributed by atoms with van der Waals surface area (Å²) in [4.78, 5) is 28.1. The first-order valence-corrected chi connectivity index (χ1v) is 9.47. The summed E-state index contributed by atoms with van der Waals surface area (Å²) in [6.45, 7) is 7.18. The van der Waals surface area contributed by atoms with Gasteiger partial charge >= 0.3 is 6.09 Å². The highest BCUT2D eigenvalue weighted by molar-refractivity contribution is 8.01. The number of amides is 2. The third-order valence-electron chi connectivity index (χ3n) is 4.23. The molecule has 1 aliphatic rings. The first kappa shape index (κ1) is 19.3. The Morgan fingerprint density at radius 3 is 2.30 bits per heavy atom. The number of hydrogen-bond acceptors (Lipinski definition) is 5. The molecule has 3 rings (SSSR count). The Hall–Kier alpha value is -2.47. The third-order valence-corrected chi connectivity index (χ3v) is 5.54. The molecule has 1 aliphatic heterocycles. The zero-order chi connectivity index (χ0) is 19.8. The molecule has 2 amide bonds. The van der Waals surface area contributed by atoms with Crippen LogP contribution in [0.5, 0.6) is 5.75 Å². The molecule has 0 radical (unpaired) electrons. The van der Waals surface area contributed by atoms with E-state index in [0.717, 1.165) is 21.1 Å². The minimum absolute atomic E-state index is 0.307. The maximum absolute atomic E-state index is 13.3. The van der Waals surface area contributed by atoms with Gasteiger partial charge in [0.2, 0.25) is 0 Å². The summed E-state index contributed by atoms with van der Waals surface area (Å²) in [6.07, 6.45) is -0.654. The van der Waals surface area contributed by atoms with Crippen molar-refractivity contribution in [3.8, 4) is 5.75 Å². The molecule has 5 nitrogen and oxygen atoms in total. The average molecular weight is 385 g/mol. The van der Waals surface area contributed by atoms with E-state index in [9.17, 15) is 9.59 Å². The minimum Gasteiger partial charge on any atom is -0.497 e. The molecule has 1 heterocycles. The molecule has 2 aromatic rings. The number of ether oxygens (including phenoxy) is 2. The Morgan fingerprint density at radius 2 is 1.70 bits per heavy atom. The molecule has 0 saturated heterocycles. The van der Waals surface area contributed by atoms with Gasteiger partial charge in [0.1, 0.15) is 16.1 Å². The molecule has 142 valence electrons. The van der Waals surface area contributed by atoms with Crippen molar-refractivity contribution in [1.82, 2.24) is 0 Å². The molecule has 0 aliphatic carbocycles. The van der Waals surface area contributed by atoms with Gasteiger partial charge in [-0.15, -0.1) is 11.8 Å². The summed E-state index contributed by atoms with van der Waals surface area (Å²) < 4.78 is 9.73. The number of benzene rings is 2. The van der Waals surface area contributed by atoms with Crippen LogP contribution in [0.15, 0.2) is 53.4 Å². The predicted molar refractivity (Wildman–Crippen MR) is 106 cm³/mol. The van der Waals surface area contributed by atoms with Crippen LogP contribution in [-0.4, -0.2) is 24.7 Å². The van der Waals surface area contributed by atoms with Crippen LogP contribution >= 0.6 is 11.8 Å². The summed E-state index contributed by atoms with van der Waals surface area (Å²) >= 11 is 1.41. The lowest BCUT2D eigenvalue weighted by molar-refractivity contribution is -0.119. The van der Waals surface area contributed by atoms with E-state index in [4.69, 9.17) is 9.47 Å². The van der Waals surface area contributed by atoms with Crippen molar-refractivity contribution in [2.24, 2.45) is 0 Å². The van der Waals surface area contributed by atoms with Crippen molar-refractivity contribution in [2.45, 2.75) is 42.9 Å². The number of nitrogens with zero attached hydrogens (tertiary/aromatic N) is 1. The zero-order valence-corrected chi connectivity index (χ0v) is 16.9. The van der Waals surface area contributed by atoms with Crippen LogP contribution in [0.25, 0.3) is 0 Å². The highest BCUT2D eigenvalue weighted by Gasteiger charge is 2.51. The van der Waals surface area contributed by atoms with Crippen molar-refractivity contribution in [2.75, 3.05) is 12.0 Å². The molecule has 2 aromatic carbocycles. The summed E-state index contributed by atoms with van der Waals surface area (Å²) in [5.41, 5.74) is 0.677. The van der Waals surface area contributed by atoms with Crippen LogP contribution < -0.4 is 9.64 Å². The van der Waals surface area contributed by atoms with Crippen LogP contribution in [0, 0.1) is 0 Å². The minimum atomic E-state index is -0.928. The Bertz CT molecular complexity index is 872. The van der Waals surface area contributed by atoms with Gasteiger partial charge in [-0.1, -0.05) is 18.2 Å². The molecule has 27 heavy (non-hydrogen) atoms. The Morgan fingerprint density at radius 1 is 1.07 bits per heavy atom. The second kappa shape index (κ2) is 6.93. The van der Waals surface area contributed by atoms with Gasteiger partial charge in [0.05, 0.1) is 12.8 Å². The topological polar surface area (TPSA) is 55.8 Å². The molecule has 0 saturated carbocycles. The van der Waals surface area contributed by atoms with Crippen LogP contribution in [0.3, 0.4) is 0 Å². The van der Waals surface area contributed by atoms with Crippen molar-refractivity contribution < 1.29 is 19.1 Å². The lowest BCUT2D eigenvalue weighted by Crippen LogP contribution is -2.43. The number of hydrogen-bond donors (Lipinski definition) is 0. The summed E-state index contributed by atoms with van der Waals surface area (Å²) in [7, 11) is 1.61. The number of carbonyl (C=O) groups is 2. The third kappa shape index (κ3) is 3.67. The molecule has 0 aromatic heterocycles. The van der Waals surface area contributed by atoms with Crippen molar-refractivity contribution in [3.63, 3.8) is 0 Å². The highest BCUT2D eigenvalue weighted by atomic mass is 32.2. The van der Waals surface area contributed by atoms with Crippen LogP contribution in [0.1, 0.15) is 33.3 Å². The van der Waals surface area contributed by atoms with E-state index in [2.05, 4.69) is 0 Å². The van der Waals surface area contributed by atoms with Gasteiger partial charge in [-0.05, 0) is 58.0 Å². The van der Waals surface area contributed by atoms with Crippen molar-refractivity contribution in [1.29, 1.82) is 0 Å². The van der Waals surface area contributed by atoms with E-state index in [0.29, 0.717) is 5.69 Å². The molecule has 0 N–H and O–H groups in total. The zero-order valence-electron chi connectivity index (χ0n) is 16.1. The Balaban J connectivity index is 1.98. The van der Waals surface area contributed by atoms with Gasteiger partial charge in [0.25, 0.3) is 5.91 Å². The largest absolute Gasteiger partial charge is 0.497 e. The lowest BCUT2D eigenvalue weighted by Gasteiger charge is -2.26. The lowest BCUT2D eigenvalue weighted by atomic mass is 10.0. The molecule has 6 heteroatoms. The number of carbonyl (C=O) groups excluding carboxylic acids is 2. The maximum Gasteiger partial charge on any atom is 0.421 e. The van der Waals surface area contributed by atoms with Gasteiger partial charge in [-0.3, -0.25) is 4.79 Å². The number of thioether (sulfide) groups is 1. The van der Waals surface area contributed by atoms with Crippen LogP contribution in [0.2, 0.25) is 0 Å². The van der Waals surface area contributed by atoms with Gasteiger partial charge in [0.15, 0.2) is 0 Å². The number of imide groups is 1. The van der Waals surface area contributed by atoms with Gasteiger partial charge in [0, 0.05) is 10.5 Å². The maximum atomic E-state index is 13.3. The highest BCUT2D eigenvalue weighted by Crippen LogP contribution is 2.51. The number of methoxy groups -OCH3 is 1. The molecule has 0 fully saturated rings. The first-order chi connectivity index (χ1) is 12.7. The number of fused-ring (bicyclic) bond motifs is 1. The van der Waals surface area contributed by atoms with Gasteiger partial charge in [-0.2, -0.15) is 0 Å². The average Bonchev–Trinajstić information content (AvgIpc) is 2.82. The molecule has 1 atom stereocenters. The van der Waals surface area contributed by atoms with Crippen molar-refractivity contribution >= 4 is 29.4 Å². The van der Waals surface area contributed by atoms with Crippen molar-refractivity contribution in [3.05, 3.63) is 54.1 Å². The fraction of sp³-hybridized carbons (Fsp3) is 0.333. The van der Waals surface area contributed by atoms with Crippen LogP contribution in [-0.2, 0) is 14.3 Å². The predicted octanol–water partition coefficient (Wildman–Crippen LogP) is 4.98. The van der Waals surface area contributed by atoms with E-state index in [1.807, 2.05) is 49.4 Å². The molecular formula is C21H23NO4S. The van der Waals surface area contributed by atoms with E-state index >= 15 is 0 Å². The smallest absolute Gasteiger partial charge is 0.421 e. The monoisotopic (exact) mass is 385 g/mol. The van der Waals surface area contributed by atoms with E-state index in [1.54, 1.807) is 33.9 Å². The Labute approximate surface area is 163 Å². The normalized spacial score (nSPS) is 19.0. The van der Waals surface area contributed by atoms with Gasteiger partial charge < -0.3 is 9.47 Å². The number of rotatable bonds is 3. The molecule has 0 bridgehead atoms. The van der Waals surface area contributed by atoms with E-state index in [1.165, 1.54) is 11.8 Å². The number of anilines is 1. The van der Waals surface area contributed by atoms with Gasteiger partial charge in [-0.25, -0.2) is 9.69 Å².